The van der Waals surface area contributed by atoms with E-state index in [0.29, 0.717) is 11.1 Å². The number of aromatic nitrogens is 1. The van der Waals surface area contributed by atoms with Gasteiger partial charge in [0.1, 0.15) is 0 Å². The molecule has 0 unspecified atom stereocenters. The van der Waals surface area contributed by atoms with Crippen LogP contribution in [0.2, 0.25) is 0 Å². The zero-order valence-electron chi connectivity index (χ0n) is 10.2. The summed E-state index contributed by atoms with van der Waals surface area (Å²) in [5.41, 5.74) is 0.523. The Bertz CT molecular complexity index is 853. The summed E-state index contributed by atoms with van der Waals surface area (Å²) in [4.78, 5) is 27.1. The number of carboxylic acids is 1. The molecule has 1 aromatic heterocycles. The van der Waals surface area contributed by atoms with E-state index >= 15 is 0 Å². The minimum absolute atomic E-state index is 0.0269. The smallest absolute Gasteiger partial charge is 0.347 e. The van der Waals surface area contributed by atoms with Crippen LogP contribution in [0.4, 0.5) is 0 Å². The van der Waals surface area contributed by atoms with Gasteiger partial charge in [0.25, 0.3) is 0 Å². The molecule has 1 N–H and O–H groups in total. The van der Waals surface area contributed by atoms with Gasteiger partial charge in [0.05, 0.1) is 16.5 Å². The van der Waals surface area contributed by atoms with Crippen LogP contribution in [-0.2, 0) is 0 Å². The Morgan fingerprint density at radius 3 is 2.55 bits per heavy atom. The van der Waals surface area contributed by atoms with Crippen molar-refractivity contribution >= 4 is 16.9 Å². The molecule has 1 heterocycles. The highest BCUT2D eigenvalue weighted by Crippen LogP contribution is 2.18. The second kappa shape index (κ2) is 4.62. The molecule has 0 fully saturated rings. The lowest BCUT2D eigenvalue weighted by Gasteiger charge is -2.02. The van der Waals surface area contributed by atoms with E-state index < -0.39 is 11.6 Å². The van der Waals surface area contributed by atoms with Crippen LogP contribution >= 0.6 is 0 Å². The van der Waals surface area contributed by atoms with Gasteiger partial charge in [0, 0.05) is 5.56 Å². The number of fused-ring (bicyclic) bond motifs is 1. The molecule has 98 valence electrons. The molecule has 5 nitrogen and oxygen atoms in total. The molecule has 0 aliphatic rings. The molecule has 0 saturated carbocycles. The molecule has 5 heteroatoms. The maximum atomic E-state index is 11.9. The summed E-state index contributed by atoms with van der Waals surface area (Å²) >= 11 is 0. The number of carboxylic acid groups (broad SMARTS) is 1. The maximum absolute atomic E-state index is 11.9. The molecule has 0 spiro atoms. The first-order chi connectivity index (χ1) is 9.65. The minimum atomic E-state index is -1.10. The predicted octanol–water partition coefficient (Wildman–Crippen LogP) is 2.55. The van der Waals surface area contributed by atoms with Gasteiger partial charge in [-0.2, -0.15) is 0 Å². The van der Waals surface area contributed by atoms with Gasteiger partial charge >= 0.3 is 11.6 Å². The van der Waals surface area contributed by atoms with E-state index in [-0.39, 0.29) is 16.8 Å². The van der Waals surface area contributed by atoms with Gasteiger partial charge < -0.3 is 9.52 Å². The van der Waals surface area contributed by atoms with Crippen LogP contribution in [0.25, 0.3) is 22.4 Å². The van der Waals surface area contributed by atoms with Crippen LogP contribution < -0.4 is 5.63 Å². The molecule has 0 aliphatic carbocycles. The van der Waals surface area contributed by atoms with Crippen molar-refractivity contribution in [1.29, 1.82) is 0 Å². The molecule has 0 aliphatic heterocycles. The average molecular weight is 267 g/mol. The van der Waals surface area contributed by atoms with Crippen molar-refractivity contribution in [2.75, 3.05) is 0 Å². The van der Waals surface area contributed by atoms with Crippen LogP contribution in [0.3, 0.4) is 0 Å². The van der Waals surface area contributed by atoms with E-state index in [1.165, 1.54) is 18.2 Å². The quantitative estimate of drug-likeness (QED) is 0.771. The van der Waals surface area contributed by atoms with Crippen LogP contribution in [-0.4, -0.2) is 16.1 Å². The van der Waals surface area contributed by atoms with Gasteiger partial charge in [-0.15, -0.1) is 0 Å². The molecular weight excluding hydrogens is 258 g/mol. The van der Waals surface area contributed by atoms with Crippen molar-refractivity contribution in [3.63, 3.8) is 0 Å². The summed E-state index contributed by atoms with van der Waals surface area (Å²) in [5.74, 6) is -0.885. The Kier molecular flexibility index (Phi) is 2.80. The van der Waals surface area contributed by atoms with E-state index in [0.717, 1.165) is 0 Å². The second-order valence-electron chi connectivity index (χ2n) is 4.21. The van der Waals surface area contributed by atoms with Gasteiger partial charge in [0.15, 0.2) is 0 Å². The van der Waals surface area contributed by atoms with Gasteiger partial charge in [-0.05, 0) is 30.3 Å². The molecule has 0 atom stereocenters. The van der Waals surface area contributed by atoms with E-state index in [2.05, 4.69) is 4.98 Å². The van der Waals surface area contributed by atoms with E-state index in [9.17, 15) is 9.59 Å². The summed E-state index contributed by atoms with van der Waals surface area (Å²) < 4.78 is 5.15. The lowest BCUT2D eigenvalue weighted by Crippen LogP contribution is -2.05. The molecule has 0 saturated heterocycles. The standard InChI is InChI=1S/C15H9NO4/c17-14(18)10-6-7-12-11(8-10)15(19)20-13(16-12)9-4-2-1-3-5-9/h1-8H,(H,17,18). The van der Waals surface area contributed by atoms with Crippen molar-refractivity contribution in [2.45, 2.75) is 0 Å². The van der Waals surface area contributed by atoms with Gasteiger partial charge in [0.2, 0.25) is 5.89 Å². The Hall–Kier alpha value is -2.95. The molecule has 0 bridgehead atoms. The fraction of sp³-hybridized carbons (Fsp3) is 0. The SMILES string of the molecule is O=C(O)c1ccc2nc(-c3ccccc3)oc(=O)c2c1. The highest BCUT2D eigenvalue weighted by atomic mass is 16.4. The summed E-state index contributed by atoms with van der Waals surface area (Å²) in [6.45, 7) is 0. The van der Waals surface area contributed by atoms with Crippen molar-refractivity contribution in [3.8, 4) is 11.5 Å². The van der Waals surface area contributed by atoms with Crippen LogP contribution in [0.15, 0.2) is 57.7 Å². The summed E-state index contributed by atoms with van der Waals surface area (Å²) in [6, 6.07) is 13.2. The monoisotopic (exact) mass is 267 g/mol. The third-order valence-electron chi connectivity index (χ3n) is 2.90. The minimum Gasteiger partial charge on any atom is -0.478 e. The first kappa shape index (κ1) is 12.1. The van der Waals surface area contributed by atoms with Gasteiger partial charge in [-0.1, -0.05) is 18.2 Å². The number of carbonyl (C=O) groups is 1. The van der Waals surface area contributed by atoms with Crippen LogP contribution in [0, 0.1) is 0 Å². The summed E-state index contributed by atoms with van der Waals surface area (Å²) in [6.07, 6.45) is 0. The Balaban J connectivity index is 2.24. The molecule has 3 rings (SSSR count). The normalized spacial score (nSPS) is 10.6. The number of aromatic carboxylic acids is 1. The Labute approximate surface area is 113 Å². The van der Waals surface area contributed by atoms with Crippen LogP contribution in [0.1, 0.15) is 10.4 Å². The second-order valence-corrected chi connectivity index (χ2v) is 4.21. The van der Waals surface area contributed by atoms with E-state index in [1.54, 1.807) is 12.1 Å². The number of hydrogen-bond acceptors (Lipinski definition) is 4. The largest absolute Gasteiger partial charge is 0.478 e. The number of rotatable bonds is 2. The molecule has 0 amide bonds. The molecular formula is C15H9NO4. The number of hydrogen-bond donors (Lipinski definition) is 1. The average Bonchev–Trinajstić information content (AvgIpc) is 2.47. The fourth-order valence-corrected chi connectivity index (χ4v) is 1.91. The highest BCUT2D eigenvalue weighted by Gasteiger charge is 2.11. The fourth-order valence-electron chi connectivity index (χ4n) is 1.91. The molecule has 3 aromatic rings. The molecule has 0 radical (unpaired) electrons. The predicted molar refractivity (Wildman–Crippen MR) is 72.7 cm³/mol. The lowest BCUT2D eigenvalue weighted by atomic mass is 10.1. The first-order valence-corrected chi connectivity index (χ1v) is 5.89. The topological polar surface area (TPSA) is 80.4 Å². The third kappa shape index (κ3) is 2.05. The van der Waals surface area contributed by atoms with Crippen molar-refractivity contribution in [1.82, 2.24) is 4.98 Å². The Morgan fingerprint density at radius 1 is 1.10 bits per heavy atom. The highest BCUT2D eigenvalue weighted by molar-refractivity contribution is 5.93. The van der Waals surface area contributed by atoms with E-state index in [4.69, 9.17) is 9.52 Å². The van der Waals surface area contributed by atoms with Gasteiger partial charge in [-0.3, -0.25) is 0 Å². The van der Waals surface area contributed by atoms with Gasteiger partial charge in [-0.25, -0.2) is 14.6 Å². The van der Waals surface area contributed by atoms with Crippen molar-refractivity contribution < 1.29 is 14.3 Å². The van der Waals surface area contributed by atoms with E-state index in [1.807, 2.05) is 18.2 Å². The maximum Gasteiger partial charge on any atom is 0.347 e. The first-order valence-electron chi connectivity index (χ1n) is 5.89. The molecule has 20 heavy (non-hydrogen) atoms. The van der Waals surface area contributed by atoms with Crippen molar-refractivity contribution in [2.24, 2.45) is 0 Å². The number of nitrogens with zero attached hydrogens (tertiary/aromatic N) is 1. The summed E-state index contributed by atoms with van der Waals surface area (Å²) in [7, 11) is 0. The number of benzene rings is 2. The lowest BCUT2D eigenvalue weighted by molar-refractivity contribution is 0.0697. The Morgan fingerprint density at radius 2 is 1.85 bits per heavy atom. The zero-order chi connectivity index (χ0) is 14.1. The molecule has 2 aromatic carbocycles. The zero-order valence-corrected chi connectivity index (χ0v) is 10.2. The third-order valence-corrected chi connectivity index (χ3v) is 2.90. The van der Waals surface area contributed by atoms with Crippen molar-refractivity contribution in [3.05, 3.63) is 64.5 Å². The van der Waals surface area contributed by atoms with Crippen LogP contribution in [0.5, 0.6) is 0 Å². The summed E-state index contributed by atoms with van der Waals surface area (Å²) in [5, 5.41) is 9.07.